The van der Waals surface area contributed by atoms with Crippen molar-refractivity contribution >= 4 is 11.6 Å². The summed E-state index contributed by atoms with van der Waals surface area (Å²) < 4.78 is 0. The number of hydrogen-bond donors (Lipinski definition) is 1. The van der Waals surface area contributed by atoms with Gasteiger partial charge in [-0.05, 0) is 58.0 Å². The first kappa shape index (κ1) is 16.0. The lowest BCUT2D eigenvalue weighted by molar-refractivity contribution is -0.120. The van der Waals surface area contributed by atoms with E-state index in [2.05, 4.69) is 10.2 Å². The fraction of sp³-hybridized carbons (Fsp3) is 0.588. The van der Waals surface area contributed by atoms with Gasteiger partial charge in [-0.2, -0.15) is 0 Å². The summed E-state index contributed by atoms with van der Waals surface area (Å²) >= 11 is 0. The van der Waals surface area contributed by atoms with Crippen LogP contribution in [0.3, 0.4) is 0 Å². The SMILES string of the molecule is CCN(C(=O)CN1CCCC(CNC)C1)c1ccccc1. The minimum Gasteiger partial charge on any atom is -0.319 e. The Morgan fingerprint density at radius 1 is 1.38 bits per heavy atom. The first-order chi connectivity index (χ1) is 10.2. The van der Waals surface area contributed by atoms with Crippen molar-refractivity contribution in [2.75, 3.05) is 44.7 Å². The Balaban J connectivity index is 1.93. The van der Waals surface area contributed by atoms with Gasteiger partial charge in [-0.15, -0.1) is 0 Å². The third kappa shape index (κ3) is 4.55. The summed E-state index contributed by atoms with van der Waals surface area (Å²) in [4.78, 5) is 16.8. The zero-order chi connectivity index (χ0) is 15.1. The second-order valence-electron chi connectivity index (χ2n) is 5.77. The number of nitrogens with zero attached hydrogens (tertiary/aromatic N) is 2. The van der Waals surface area contributed by atoms with E-state index in [-0.39, 0.29) is 5.91 Å². The number of benzene rings is 1. The Bertz CT molecular complexity index is 433. The molecular formula is C17H27N3O. The quantitative estimate of drug-likeness (QED) is 0.870. The molecule has 4 heteroatoms. The van der Waals surface area contributed by atoms with Crippen LogP contribution in [-0.4, -0.2) is 50.6 Å². The molecule has 0 radical (unpaired) electrons. The molecule has 1 heterocycles. The molecule has 1 atom stereocenters. The van der Waals surface area contributed by atoms with E-state index >= 15 is 0 Å². The van der Waals surface area contributed by atoms with Crippen molar-refractivity contribution in [1.82, 2.24) is 10.2 Å². The summed E-state index contributed by atoms with van der Waals surface area (Å²) in [6.45, 7) is 6.39. The Kier molecular flexibility index (Phi) is 6.21. The predicted octanol–water partition coefficient (Wildman–Crippen LogP) is 1.97. The van der Waals surface area contributed by atoms with Crippen LogP contribution in [0.25, 0.3) is 0 Å². The molecule has 1 aliphatic heterocycles. The van der Waals surface area contributed by atoms with E-state index in [1.807, 2.05) is 49.2 Å². The predicted molar refractivity (Wildman–Crippen MR) is 87.6 cm³/mol. The van der Waals surface area contributed by atoms with Gasteiger partial charge < -0.3 is 10.2 Å². The van der Waals surface area contributed by atoms with Crippen LogP contribution >= 0.6 is 0 Å². The molecule has 1 N–H and O–H groups in total. The largest absolute Gasteiger partial charge is 0.319 e. The number of hydrogen-bond acceptors (Lipinski definition) is 3. The van der Waals surface area contributed by atoms with Crippen molar-refractivity contribution in [2.45, 2.75) is 19.8 Å². The summed E-state index contributed by atoms with van der Waals surface area (Å²) in [6, 6.07) is 9.95. The van der Waals surface area contributed by atoms with Gasteiger partial charge in [0.2, 0.25) is 5.91 Å². The van der Waals surface area contributed by atoms with Gasteiger partial charge in [0.1, 0.15) is 0 Å². The van der Waals surface area contributed by atoms with E-state index in [4.69, 9.17) is 0 Å². The number of nitrogens with one attached hydrogen (secondary N) is 1. The maximum absolute atomic E-state index is 12.6. The Hall–Kier alpha value is -1.39. The lowest BCUT2D eigenvalue weighted by Crippen LogP contribution is -2.45. The van der Waals surface area contributed by atoms with E-state index in [1.54, 1.807) is 0 Å². The van der Waals surface area contributed by atoms with Crippen molar-refractivity contribution < 1.29 is 4.79 Å². The Morgan fingerprint density at radius 3 is 2.81 bits per heavy atom. The van der Waals surface area contributed by atoms with Gasteiger partial charge in [-0.25, -0.2) is 0 Å². The summed E-state index contributed by atoms with van der Waals surface area (Å²) in [5.74, 6) is 0.872. The van der Waals surface area contributed by atoms with Gasteiger partial charge in [0, 0.05) is 18.8 Å². The van der Waals surface area contributed by atoms with Crippen molar-refractivity contribution in [2.24, 2.45) is 5.92 Å². The van der Waals surface area contributed by atoms with E-state index in [9.17, 15) is 4.79 Å². The zero-order valence-electron chi connectivity index (χ0n) is 13.2. The number of likely N-dealkylation sites (tertiary alicyclic amines) is 1. The molecule has 0 aliphatic carbocycles. The molecule has 21 heavy (non-hydrogen) atoms. The van der Waals surface area contributed by atoms with Crippen LogP contribution < -0.4 is 10.2 Å². The minimum absolute atomic E-state index is 0.203. The van der Waals surface area contributed by atoms with Crippen LogP contribution in [0.5, 0.6) is 0 Å². The molecule has 0 aromatic heterocycles. The molecule has 0 bridgehead atoms. The highest BCUT2D eigenvalue weighted by molar-refractivity contribution is 5.94. The molecule has 2 rings (SSSR count). The van der Waals surface area contributed by atoms with Crippen LogP contribution in [0.4, 0.5) is 5.69 Å². The van der Waals surface area contributed by atoms with Gasteiger partial charge >= 0.3 is 0 Å². The molecule has 0 spiro atoms. The van der Waals surface area contributed by atoms with Crippen molar-refractivity contribution in [3.63, 3.8) is 0 Å². The Labute approximate surface area is 128 Å². The zero-order valence-corrected chi connectivity index (χ0v) is 13.2. The smallest absolute Gasteiger partial charge is 0.241 e. The number of likely N-dealkylation sites (N-methyl/N-ethyl adjacent to an activating group) is 1. The van der Waals surface area contributed by atoms with Crippen molar-refractivity contribution in [1.29, 1.82) is 0 Å². The number of rotatable bonds is 6. The number of para-hydroxylation sites is 1. The molecule has 1 aromatic rings. The highest BCUT2D eigenvalue weighted by Gasteiger charge is 2.23. The fourth-order valence-electron chi connectivity index (χ4n) is 3.14. The molecule has 4 nitrogen and oxygen atoms in total. The monoisotopic (exact) mass is 289 g/mol. The van der Waals surface area contributed by atoms with E-state index in [1.165, 1.54) is 12.8 Å². The molecule has 1 aromatic carbocycles. The van der Waals surface area contributed by atoms with E-state index in [0.717, 1.165) is 31.9 Å². The molecule has 1 saturated heterocycles. The maximum Gasteiger partial charge on any atom is 0.241 e. The summed E-state index contributed by atoms with van der Waals surface area (Å²) in [7, 11) is 2.00. The average Bonchev–Trinajstić information content (AvgIpc) is 2.50. The van der Waals surface area contributed by atoms with Crippen LogP contribution in [0.1, 0.15) is 19.8 Å². The lowest BCUT2D eigenvalue weighted by atomic mass is 9.98. The maximum atomic E-state index is 12.6. The summed E-state index contributed by atoms with van der Waals surface area (Å²) in [6.07, 6.45) is 2.46. The number of anilines is 1. The van der Waals surface area contributed by atoms with Gasteiger partial charge in [0.15, 0.2) is 0 Å². The van der Waals surface area contributed by atoms with Crippen molar-refractivity contribution in [3.05, 3.63) is 30.3 Å². The molecule has 116 valence electrons. The first-order valence-corrected chi connectivity index (χ1v) is 7.97. The third-order valence-electron chi connectivity index (χ3n) is 4.14. The summed E-state index contributed by atoms with van der Waals surface area (Å²) in [5, 5.41) is 3.25. The second-order valence-corrected chi connectivity index (χ2v) is 5.77. The molecule has 1 aliphatic rings. The van der Waals surface area contributed by atoms with Crippen LogP contribution in [0.2, 0.25) is 0 Å². The first-order valence-electron chi connectivity index (χ1n) is 7.97. The topological polar surface area (TPSA) is 35.6 Å². The third-order valence-corrected chi connectivity index (χ3v) is 4.14. The molecule has 1 amide bonds. The molecule has 0 saturated carbocycles. The number of amides is 1. The average molecular weight is 289 g/mol. The molecule has 1 unspecified atom stereocenters. The van der Waals surface area contributed by atoms with Gasteiger partial charge in [0.25, 0.3) is 0 Å². The fourth-order valence-corrected chi connectivity index (χ4v) is 3.14. The molecular weight excluding hydrogens is 262 g/mol. The molecule has 1 fully saturated rings. The standard InChI is InChI=1S/C17H27N3O/c1-3-20(16-9-5-4-6-10-16)17(21)14-19-11-7-8-15(13-19)12-18-2/h4-6,9-10,15,18H,3,7-8,11-14H2,1-2H3. The van der Waals surface area contributed by atoms with Crippen LogP contribution in [-0.2, 0) is 4.79 Å². The van der Waals surface area contributed by atoms with Gasteiger partial charge in [-0.3, -0.25) is 9.69 Å². The van der Waals surface area contributed by atoms with E-state index in [0.29, 0.717) is 12.5 Å². The summed E-state index contributed by atoms with van der Waals surface area (Å²) in [5.41, 5.74) is 0.994. The number of piperidine rings is 1. The number of carbonyl (C=O) groups is 1. The highest BCUT2D eigenvalue weighted by Crippen LogP contribution is 2.17. The van der Waals surface area contributed by atoms with Crippen LogP contribution in [0, 0.1) is 5.92 Å². The highest BCUT2D eigenvalue weighted by atomic mass is 16.2. The lowest BCUT2D eigenvalue weighted by Gasteiger charge is -2.33. The minimum atomic E-state index is 0.203. The van der Waals surface area contributed by atoms with Crippen molar-refractivity contribution in [3.8, 4) is 0 Å². The number of carbonyl (C=O) groups excluding carboxylic acids is 1. The van der Waals surface area contributed by atoms with Gasteiger partial charge in [0.05, 0.1) is 6.54 Å². The second kappa shape index (κ2) is 8.15. The Morgan fingerprint density at radius 2 is 2.14 bits per heavy atom. The van der Waals surface area contributed by atoms with E-state index < -0.39 is 0 Å². The van der Waals surface area contributed by atoms with Crippen LogP contribution in [0.15, 0.2) is 30.3 Å². The van der Waals surface area contributed by atoms with Gasteiger partial charge in [-0.1, -0.05) is 18.2 Å². The normalized spacial score (nSPS) is 19.4.